The predicted octanol–water partition coefficient (Wildman–Crippen LogP) is 2.44. The Morgan fingerprint density at radius 2 is 2.19 bits per heavy atom. The van der Waals surface area contributed by atoms with Crippen molar-refractivity contribution in [2.75, 3.05) is 0 Å². The highest BCUT2D eigenvalue weighted by molar-refractivity contribution is 7.71. The molecule has 0 aliphatic heterocycles. The van der Waals surface area contributed by atoms with Gasteiger partial charge in [0.05, 0.1) is 0 Å². The van der Waals surface area contributed by atoms with Crippen molar-refractivity contribution in [1.82, 2.24) is 24.6 Å². The van der Waals surface area contributed by atoms with Gasteiger partial charge in [0, 0.05) is 23.5 Å². The number of rotatable bonds is 1. The largest absolute Gasteiger partial charge is 0.306 e. The fourth-order valence-corrected chi connectivity index (χ4v) is 1.76. The van der Waals surface area contributed by atoms with Crippen LogP contribution in [0.25, 0.3) is 17.2 Å². The molecule has 0 bridgehead atoms. The minimum atomic E-state index is 0.407. The molecule has 3 heterocycles. The van der Waals surface area contributed by atoms with Gasteiger partial charge in [0.15, 0.2) is 5.82 Å². The second-order valence-corrected chi connectivity index (χ2v) is 4.08. The molecule has 16 heavy (non-hydrogen) atoms. The summed E-state index contributed by atoms with van der Waals surface area (Å²) in [5, 5.41) is 6.23. The Morgan fingerprint density at radius 3 is 2.94 bits per heavy atom. The number of aromatic amines is 2. The Balaban J connectivity index is 2.22. The fraction of sp³-hybridized carbons (Fsp3) is 0. The summed E-state index contributed by atoms with van der Waals surface area (Å²) in [6.07, 6.45) is 3.70. The quantitative estimate of drug-likeness (QED) is 0.653. The molecule has 3 aromatic rings. The lowest BCUT2D eigenvalue weighted by Crippen LogP contribution is -1.79. The third-order valence-corrected chi connectivity index (χ3v) is 2.59. The minimum Gasteiger partial charge on any atom is -0.306 e. The summed E-state index contributed by atoms with van der Waals surface area (Å²) >= 11 is 10.8. The number of nitrogens with one attached hydrogen (secondary N) is 2. The van der Waals surface area contributed by atoms with Crippen LogP contribution in [-0.4, -0.2) is 24.6 Å². The smallest absolute Gasteiger partial charge is 0.213 e. The second kappa shape index (κ2) is 3.43. The van der Waals surface area contributed by atoms with Gasteiger partial charge in [-0.25, -0.2) is 4.98 Å². The van der Waals surface area contributed by atoms with Gasteiger partial charge < -0.3 is 4.40 Å². The van der Waals surface area contributed by atoms with Crippen LogP contribution in [0.2, 0.25) is 5.02 Å². The topological polar surface area (TPSA) is 61.8 Å². The lowest BCUT2D eigenvalue weighted by Gasteiger charge is -1.90. The molecule has 5 nitrogen and oxygen atoms in total. The van der Waals surface area contributed by atoms with E-state index in [0.29, 0.717) is 15.6 Å². The lowest BCUT2D eigenvalue weighted by atomic mass is 10.5. The van der Waals surface area contributed by atoms with Crippen LogP contribution in [0.1, 0.15) is 0 Å². The number of aromatic nitrogens is 5. The average Bonchev–Trinajstić information content (AvgIpc) is 2.83. The van der Waals surface area contributed by atoms with Crippen molar-refractivity contribution in [3.63, 3.8) is 0 Å². The van der Waals surface area contributed by atoms with Gasteiger partial charge in [0.1, 0.15) is 11.3 Å². The van der Waals surface area contributed by atoms with Crippen LogP contribution < -0.4 is 0 Å². The number of hydrogen-bond acceptors (Lipinski definition) is 3. The molecular weight excluding hydrogens is 246 g/mol. The molecule has 2 N–H and O–H groups in total. The normalized spacial score (nSPS) is 11.1. The molecule has 3 aromatic heterocycles. The Morgan fingerprint density at radius 1 is 1.31 bits per heavy atom. The molecule has 3 rings (SSSR count). The predicted molar refractivity (Wildman–Crippen MR) is 63.0 cm³/mol. The molecule has 0 spiro atoms. The van der Waals surface area contributed by atoms with E-state index >= 15 is 0 Å². The van der Waals surface area contributed by atoms with Crippen LogP contribution in [0.5, 0.6) is 0 Å². The standard InChI is InChI=1S/C9H6ClN5S/c10-5-1-2-15-4-6(11-7(15)3-5)8-12-9(16)14-13-8/h1-4H,(H2,12,13,14,16). The van der Waals surface area contributed by atoms with Gasteiger partial charge in [-0.15, -0.1) is 0 Å². The first-order valence-electron chi connectivity index (χ1n) is 4.52. The van der Waals surface area contributed by atoms with E-state index in [1.165, 1.54) is 0 Å². The second-order valence-electron chi connectivity index (χ2n) is 3.25. The molecular formula is C9H6ClN5S. The summed E-state index contributed by atoms with van der Waals surface area (Å²) in [5.41, 5.74) is 1.49. The van der Waals surface area contributed by atoms with Crippen LogP contribution in [0.4, 0.5) is 0 Å². The molecule has 0 unspecified atom stereocenters. The molecule has 7 heteroatoms. The van der Waals surface area contributed by atoms with Crippen LogP contribution in [0.3, 0.4) is 0 Å². The van der Waals surface area contributed by atoms with Crippen LogP contribution in [0, 0.1) is 4.77 Å². The molecule has 0 fully saturated rings. The molecule has 0 aliphatic carbocycles. The number of halogens is 1. The number of nitrogens with zero attached hydrogens (tertiary/aromatic N) is 3. The van der Waals surface area contributed by atoms with E-state index < -0.39 is 0 Å². The maximum absolute atomic E-state index is 5.88. The Kier molecular flexibility index (Phi) is 2.05. The van der Waals surface area contributed by atoms with Crippen LogP contribution >= 0.6 is 23.8 Å². The molecule has 0 aromatic carbocycles. The summed E-state index contributed by atoms with van der Waals surface area (Å²) < 4.78 is 2.28. The number of imidazole rings is 1. The highest BCUT2D eigenvalue weighted by Crippen LogP contribution is 2.17. The maximum Gasteiger partial charge on any atom is 0.213 e. The summed E-state index contributed by atoms with van der Waals surface area (Å²) in [6.45, 7) is 0. The minimum absolute atomic E-state index is 0.407. The van der Waals surface area contributed by atoms with E-state index in [-0.39, 0.29) is 0 Å². The van der Waals surface area contributed by atoms with Gasteiger partial charge in [0.2, 0.25) is 4.77 Å². The summed E-state index contributed by atoms with van der Waals surface area (Å²) in [5.74, 6) is 0.616. The van der Waals surface area contributed by atoms with Crippen LogP contribution in [0.15, 0.2) is 24.5 Å². The van der Waals surface area contributed by atoms with E-state index in [9.17, 15) is 0 Å². The highest BCUT2D eigenvalue weighted by Gasteiger charge is 2.06. The average molecular weight is 252 g/mol. The number of fused-ring (bicyclic) bond motifs is 1. The van der Waals surface area contributed by atoms with E-state index in [2.05, 4.69) is 20.2 Å². The summed E-state index contributed by atoms with van der Waals surface area (Å²) in [4.78, 5) is 8.47. The first kappa shape index (κ1) is 9.56. The van der Waals surface area contributed by atoms with Gasteiger partial charge in [-0.1, -0.05) is 11.6 Å². The zero-order valence-electron chi connectivity index (χ0n) is 7.94. The number of pyridine rings is 1. The molecule has 0 saturated heterocycles. The molecule has 0 saturated carbocycles. The van der Waals surface area contributed by atoms with Gasteiger partial charge in [-0.05, 0) is 18.3 Å². The third-order valence-electron chi connectivity index (χ3n) is 2.17. The fourth-order valence-electron chi connectivity index (χ4n) is 1.46. The summed E-state index contributed by atoms with van der Waals surface area (Å²) in [7, 11) is 0. The van der Waals surface area contributed by atoms with E-state index in [4.69, 9.17) is 23.8 Å². The Labute approximate surface area is 100 Å². The lowest BCUT2D eigenvalue weighted by molar-refractivity contribution is 1.08. The zero-order chi connectivity index (χ0) is 11.1. The van der Waals surface area contributed by atoms with Gasteiger partial charge in [0.25, 0.3) is 0 Å². The van der Waals surface area contributed by atoms with Crippen molar-refractivity contribution in [3.05, 3.63) is 34.3 Å². The van der Waals surface area contributed by atoms with Crippen molar-refractivity contribution in [2.45, 2.75) is 0 Å². The summed E-state index contributed by atoms with van der Waals surface area (Å²) in [6, 6.07) is 3.58. The zero-order valence-corrected chi connectivity index (χ0v) is 9.51. The maximum atomic E-state index is 5.88. The number of H-pyrrole nitrogens is 2. The first-order valence-corrected chi connectivity index (χ1v) is 5.30. The van der Waals surface area contributed by atoms with Crippen molar-refractivity contribution in [1.29, 1.82) is 0 Å². The molecule has 0 amide bonds. The van der Waals surface area contributed by atoms with Gasteiger partial charge >= 0.3 is 0 Å². The molecule has 0 aliphatic rings. The first-order chi connectivity index (χ1) is 7.72. The SMILES string of the molecule is S=c1nc(-c2cn3ccc(Cl)cc3n2)[nH][nH]1. The monoisotopic (exact) mass is 251 g/mol. The molecule has 0 atom stereocenters. The Bertz CT molecular complexity index is 710. The van der Waals surface area contributed by atoms with E-state index in [0.717, 1.165) is 11.3 Å². The van der Waals surface area contributed by atoms with Gasteiger partial charge in [-0.3, -0.25) is 10.2 Å². The van der Waals surface area contributed by atoms with Crippen molar-refractivity contribution < 1.29 is 0 Å². The molecule has 80 valence electrons. The van der Waals surface area contributed by atoms with E-state index in [1.54, 1.807) is 12.1 Å². The highest BCUT2D eigenvalue weighted by atomic mass is 35.5. The number of hydrogen-bond donors (Lipinski definition) is 2. The van der Waals surface area contributed by atoms with Crippen molar-refractivity contribution in [3.8, 4) is 11.5 Å². The third kappa shape index (κ3) is 1.52. The van der Waals surface area contributed by atoms with Crippen molar-refractivity contribution >= 4 is 29.5 Å². The van der Waals surface area contributed by atoms with Crippen molar-refractivity contribution in [2.24, 2.45) is 0 Å². The van der Waals surface area contributed by atoms with Crippen LogP contribution in [-0.2, 0) is 0 Å². The van der Waals surface area contributed by atoms with E-state index in [1.807, 2.05) is 16.8 Å². The molecule has 0 radical (unpaired) electrons. The van der Waals surface area contributed by atoms with Gasteiger partial charge in [-0.2, -0.15) is 4.98 Å². The Hall–Kier alpha value is -1.66.